The van der Waals surface area contributed by atoms with Gasteiger partial charge in [-0.3, -0.25) is 0 Å². The van der Waals surface area contributed by atoms with Crippen molar-refractivity contribution in [2.75, 3.05) is 13.2 Å². The number of alkyl halides is 2. The van der Waals surface area contributed by atoms with Crippen LogP contribution < -0.4 is 4.74 Å². The minimum atomic E-state index is -2.55. The van der Waals surface area contributed by atoms with Crippen LogP contribution in [0, 0.1) is 11.3 Å². The lowest BCUT2D eigenvalue weighted by Crippen LogP contribution is -2.39. The summed E-state index contributed by atoms with van der Waals surface area (Å²) in [7, 11) is 0. The fourth-order valence-electron chi connectivity index (χ4n) is 1.96. The maximum atomic E-state index is 12.7. The smallest absolute Gasteiger partial charge is 0.265 e. The molecule has 1 fully saturated rings. The van der Waals surface area contributed by atoms with Gasteiger partial charge in [0.2, 0.25) is 0 Å². The summed E-state index contributed by atoms with van der Waals surface area (Å²) in [5.74, 6) is 0.367. The second kappa shape index (κ2) is 6.51. The van der Waals surface area contributed by atoms with Gasteiger partial charge in [0, 0.05) is 10.0 Å². The first-order chi connectivity index (χ1) is 9.56. The Hall–Kier alpha value is -1.19. The first-order valence-electron chi connectivity index (χ1n) is 6.32. The fraction of sp³-hybridized carbons (Fsp3) is 0.500. The third-order valence-electron chi connectivity index (χ3n) is 3.30. The van der Waals surface area contributed by atoms with E-state index >= 15 is 0 Å². The number of hydrogen-bond donors (Lipinski definition) is 0. The Morgan fingerprint density at radius 2 is 2.10 bits per heavy atom. The standard InChI is InChI=1S/C14H14BrF2NO2/c15-12-3-2-10(8-11(12)13(16)17)19-6-7-20-14(9-18)4-1-5-14/h2-3,8,13H,1,4-7H2. The molecular weight excluding hydrogens is 332 g/mol. The van der Waals surface area contributed by atoms with Gasteiger partial charge in [0.15, 0.2) is 5.60 Å². The lowest BCUT2D eigenvalue weighted by atomic mass is 9.81. The molecule has 0 aliphatic heterocycles. The second-order valence-corrected chi connectivity index (χ2v) is 5.49. The van der Waals surface area contributed by atoms with E-state index in [1.54, 1.807) is 6.07 Å². The highest BCUT2D eigenvalue weighted by Crippen LogP contribution is 2.35. The molecule has 2 rings (SSSR count). The van der Waals surface area contributed by atoms with Gasteiger partial charge < -0.3 is 9.47 Å². The van der Waals surface area contributed by atoms with Gasteiger partial charge in [-0.25, -0.2) is 8.78 Å². The molecule has 0 bridgehead atoms. The van der Waals surface area contributed by atoms with E-state index in [1.165, 1.54) is 12.1 Å². The van der Waals surface area contributed by atoms with Crippen LogP contribution in [0.5, 0.6) is 5.75 Å². The van der Waals surface area contributed by atoms with Gasteiger partial charge in [0.25, 0.3) is 6.43 Å². The summed E-state index contributed by atoms with van der Waals surface area (Å²) in [4.78, 5) is 0. The van der Waals surface area contributed by atoms with E-state index in [-0.39, 0.29) is 18.8 Å². The zero-order valence-corrected chi connectivity index (χ0v) is 12.3. The molecule has 0 spiro atoms. The minimum Gasteiger partial charge on any atom is -0.491 e. The summed E-state index contributed by atoms with van der Waals surface area (Å²) >= 11 is 3.07. The largest absolute Gasteiger partial charge is 0.491 e. The van der Waals surface area contributed by atoms with Gasteiger partial charge in [-0.1, -0.05) is 15.9 Å². The Kier molecular flexibility index (Phi) is 4.95. The van der Waals surface area contributed by atoms with E-state index in [2.05, 4.69) is 22.0 Å². The van der Waals surface area contributed by atoms with Gasteiger partial charge in [-0.2, -0.15) is 5.26 Å². The molecule has 108 valence electrons. The third kappa shape index (κ3) is 3.47. The fourth-order valence-corrected chi connectivity index (χ4v) is 2.38. The number of rotatable bonds is 6. The van der Waals surface area contributed by atoms with Gasteiger partial charge >= 0.3 is 0 Å². The SMILES string of the molecule is N#CC1(OCCOc2ccc(Br)c(C(F)F)c2)CCC1. The molecule has 0 unspecified atom stereocenters. The Bertz CT molecular complexity index is 512. The quantitative estimate of drug-likeness (QED) is 0.724. The number of nitrogens with zero attached hydrogens (tertiary/aromatic N) is 1. The van der Waals surface area contributed by atoms with Crippen molar-refractivity contribution in [2.45, 2.75) is 31.3 Å². The number of nitriles is 1. The second-order valence-electron chi connectivity index (χ2n) is 4.64. The first kappa shape index (κ1) is 15.2. The van der Waals surface area contributed by atoms with Crippen molar-refractivity contribution < 1.29 is 18.3 Å². The van der Waals surface area contributed by atoms with E-state index in [1.807, 2.05) is 0 Å². The number of benzene rings is 1. The Morgan fingerprint density at radius 1 is 1.35 bits per heavy atom. The van der Waals surface area contributed by atoms with Crippen molar-refractivity contribution in [3.8, 4) is 11.8 Å². The van der Waals surface area contributed by atoms with Gasteiger partial charge in [0.05, 0.1) is 12.7 Å². The Morgan fingerprint density at radius 3 is 2.65 bits per heavy atom. The molecule has 0 atom stereocenters. The number of hydrogen-bond acceptors (Lipinski definition) is 3. The molecule has 0 amide bonds. The van der Waals surface area contributed by atoms with Gasteiger partial charge in [-0.15, -0.1) is 0 Å². The normalized spacial score (nSPS) is 16.6. The molecule has 3 nitrogen and oxygen atoms in total. The summed E-state index contributed by atoms with van der Waals surface area (Å²) in [5.41, 5.74) is -0.757. The molecule has 0 saturated heterocycles. The van der Waals surface area contributed by atoms with Crippen molar-refractivity contribution >= 4 is 15.9 Å². The highest BCUT2D eigenvalue weighted by molar-refractivity contribution is 9.10. The first-order valence-corrected chi connectivity index (χ1v) is 7.11. The molecule has 20 heavy (non-hydrogen) atoms. The van der Waals surface area contributed by atoms with Crippen molar-refractivity contribution in [1.29, 1.82) is 5.26 Å². The predicted octanol–water partition coefficient (Wildman–Crippen LogP) is 4.23. The monoisotopic (exact) mass is 345 g/mol. The molecule has 0 N–H and O–H groups in total. The van der Waals surface area contributed by atoms with E-state index < -0.39 is 12.0 Å². The summed E-state index contributed by atoms with van der Waals surface area (Å²) in [6.07, 6.45) is -0.0611. The summed E-state index contributed by atoms with van der Waals surface area (Å²) in [6, 6.07) is 6.60. The number of ether oxygens (including phenoxy) is 2. The van der Waals surface area contributed by atoms with Crippen LogP contribution in [0.25, 0.3) is 0 Å². The van der Waals surface area contributed by atoms with Gasteiger partial charge in [0.1, 0.15) is 12.4 Å². The molecule has 0 radical (unpaired) electrons. The van der Waals surface area contributed by atoms with Crippen LogP contribution in [0.3, 0.4) is 0 Å². The van der Waals surface area contributed by atoms with Crippen molar-refractivity contribution in [3.63, 3.8) is 0 Å². The van der Waals surface area contributed by atoms with E-state index in [9.17, 15) is 8.78 Å². The van der Waals surface area contributed by atoms with Crippen LogP contribution >= 0.6 is 15.9 Å². The van der Waals surface area contributed by atoms with E-state index in [0.29, 0.717) is 10.2 Å². The van der Waals surface area contributed by atoms with Gasteiger partial charge in [-0.05, 0) is 37.5 Å². The lowest BCUT2D eigenvalue weighted by Gasteiger charge is -2.34. The maximum absolute atomic E-state index is 12.7. The van der Waals surface area contributed by atoms with Crippen LogP contribution in [-0.2, 0) is 4.74 Å². The average Bonchev–Trinajstić information content (AvgIpc) is 2.38. The zero-order chi connectivity index (χ0) is 14.6. The molecule has 6 heteroatoms. The van der Waals surface area contributed by atoms with Crippen LogP contribution in [-0.4, -0.2) is 18.8 Å². The van der Waals surface area contributed by atoms with E-state index in [4.69, 9.17) is 14.7 Å². The molecule has 1 aliphatic carbocycles. The molecule has 1 aliphatic rings. The molecule has 0 heterocycles. The zero-order valence-electron chi connectivity index (χ0n) is 10.7. The topological polar surface area (TPSA) is 42.2 Å². The third-order valence-corrected chi connectivity index (χ3v) is 4.02. The number of halogens is 3. The highest BCUT2D eigenvalue weighted by Gasteiger charge is 2.38. The van der Waals surface area contributed by atoms with Crippen LogP contribution in [0.1, 0.15) is 31.3 Å². The Balaban J connectivity index is 1.82. The van der Waals surface area contributed by atoms with Crippen LogP contribution in [0.2, 0.25) is 0 Å². The lowest BCUT2D eigenvalue weighted by molar-refractivity contribution is -0.0644. The summed E-state index contributed by atoms with van der Waals surface area (Å²) in [5, 5.41) is 8.98. The molecule has 1 aromatic rings. The van der Waals surface area contributed by atoms with Crippen LogP contribution in [0.4, 0.5) is 8.78 Å². The molecular formula is C14H14BrF2NO2. The maximum Gasteiger partial charge on any atom is 0.265 e. The minimum absolute atomic E-state index is 0.101. The Labute approximate surface area is 124 Å². The summed E-state index contributed by atoms with van der Waals surface area (Å²) in [6.45, 7) is 0.501. The average molecular weight is 346 g/mol. The summed E-state index contributed by atoms with van der Waals surface area (Å²) < 4.78 is 36.6. The molecule has 1 saturated carbocycles. The molecule has 0 aromatic heterocycles. The van der Waals surface area contributed by atoms with Crippen molar-refractivity contribution in [2.24, 2.45) is 0 Å². The van der Waals surface area contributed by atoms with E-state index in [0.717, 1.165) is 19.3 Å². The van der Waals surface area contributed by atoms with Crippen molar-refractivity contribution in [1.82, 2.24) is 0 Å². The van der Waals surface area contributed by atoms with Crippen molar-refractivity contribution in [3.05, 3.63) is 28.2 Å². The molecule has 1 aromatic carbocycles. The highest BCUT2D eigenvalue weighted by atomic mass is 79.9. The van der Waals surface area contributed by atoms with Crippen LogP contribution in [0.15, 0.2) is 22.7 Å². The predicted molar refractivity (Wildman–Crippen MR) is 72.7 cm³/mol.